The topological polar surface area (TPSA) is 17.3 Å². The summed E-state index contributed by atoms with van der Waals surface area (Å²) in [4.78, 5) is 4.19. The molecule has 2 aromatic heterocycles. The molecule has 0 atom stereocenters. The van der Waals surface area contributed by atoms with E-state index in [-0.39, 0.29) is 5.56 Å². The molecule has 0 fully saturated rings. The minimum absolute atomic E-state index is 0.0869. The van der Waals surface area contributed by atoms with Crippen LogP contribution in [0, 0.1) is 11.6 Å². The number of pyridine rings is 1. The standard InChI is InChI=1S/C13H8F2N2/c14-9-4-3-5-10(15)13(9)11-8-17-7-2-1-6-12(17)16-11/h1-8H. The molecule has 0 saturated heterocycles. The van der Waals surface area contributed by atoms with Gasteiger partial charge in [0.25, 0.3) is 0 Å². The summed E-state index contributed by atoms with van der Waals surface area (Å²) in [5.41, 5.74) is 0.869. The molecule has 0 N–H and O–H groups in total. The third kappa shape index (κ3) is 1.58. The quantitative estimate of drug-likeness (QED) is 0.627. The van der Waals surface area contributed by atoms with Gasteiger partial charge < -0.3 is 4.40 Å². The molecule has 0 radical (unpaired) electrons. The van der Waals surface area contributed by atoms with E-state index in [1.807, 2.05) is 12.1 Å². The van der Waals surface area contributed by atoms with Crippen LogP contribution in [0.2, 0.25) is 0 Å². The highest BCUT2D eigenvalue weighted by Gasteiger charge is 2.13. The second kappa shape index (κ2) is 3.66. The Morgan fingerprint density at radius 3 is 2.41 bits per heavy atom. The summed E-state index contributed by atoms with van der Waals surface area (Å²) < 4.78 is 28.9. The fourth-order valence-electron chi connectivity index (χ4n) is 1.80. The van der Waals surface area contributed by atoms with Gasteiger partial charge in [0.05, 0.1) is 11.3 Å². The van der Waals surface area contributed by atoms with Crippen LogP contribution in [0.25, 0.3) is 16.9 Å². The first-order chi connectivity index (χ1) is 8.25. The van der Waals surface area contributed by atoms with Gasteiger partial charge in [-0.25, -0.2) is 13.8 Å². The van der Waals surface area contributed by atoms with Crippen LogP contribution in [-0.2, 0) is 0 Å². The second-order valence-electron chi connectivity index (χ2n) is 3.69. The third-order valence-corrected chi connectivity index (χ3v) is 2.58. The monoisotopic (exact) mass is 230 g/mol. The van der Waals surface area contributed by atoms with Crippen molar-refractivity contribution < 1.29 is 8.78 Å². The van der Waals surface area contributed by atoms with Gasteiger partial charge >= 0.3 is 0 Å². The average molecular weight is 230 g/mol. The van der Waals surface area contributed by atoms with Crippen LogP contribution < -0.4 is 0 Å². The molecular formula is C13H8F2N2. The Morgan fingerprint density at radius 1 is 0.941 bits per heavy atom. The summed E-state index contributed by atoms with van der Waals surface area (Å²) in [6, 6.07) is 9.22. The number of hydrogen-bond donors (Lipinski definition) is 0. The number of aromatic nitrogens is 2. The highest BCUT2D eigenvalue weighted by atomic mass is 19.1. The van der Waals surface area contributed by atoms with Gasteiger partial charge in [0.15, 0.2) is 0 Å². The minimum Gasteiger partial charge on any atom is -0.306 e. The van der Waals surface area contributed by atoms with Gasteiger partial charge in [-0.2, -0.15) is 0 Å². The first-order valence-electron chi connectivity index (χ1n) is 5.14. The van der Waals surface area contributed by atoms with Crippen molar-refractivity contribution in [3.63, 3.8) is 0 Å². The molecule has 2 heterocycles. The van der Waals surface area contributed by atoms with Crippen LogP contribution >= 0.6 is 0 Å². The van der Waals surface area contributed by atoms with E-state index in [1.54, 1.807) is 22.9 Å². The van der Waals surface area contributed by atoms with Gasteiger partial charge in [-0.3, -0.25) is 0 Å². The van der Waals surface area contributed by atoms with Crippen molar-refractivity contribution in [3.05, 3.63) is 60.4 Å². The maximum atomic E-state index is 13.6. The molecule has 0 saturated carbocycles. The van der Waals surface area contributed by atoms with Crippen molar-refractivity contribution in [2.45, 2.75) is 0 Å². The zero-order valence-electron chi connectivity index (χ0n) is 8.77. The van der Waals surface area contributed by atoms with Gasteiger partial charge in [0.1, 0.15) is 17.3 Å². The molecule has 0 aliphatic heterocycles. The maximum absolute atomic E-state index is 13.6. The molecule has 4 heteroatoms. The van der Waals surface area contributed by atoms with Gasteiger partial charge in [-0.05, 0) is 24.3 Å². The molecular weight excluding hydrogens is 222 g/mol. The number of imidazole rings is 1. The van der Waals surface area contributed by atoms with E-state index < -0.39 is 11.6 Å². The van der Waals surface area contributed by atoms with Crippen LogP contribution in [-0.4, -0.2) is 9.38 Å². The molecule has 84 valence electrons. The van der Waals surface area contributed by atoms with E-state index in [9.17, 15) is 8.78 Å². The first kappa shape index (κ1) is 9.96. The molecule has 0 aliphatic rings. The van der Waals surface area contributed by atoms with Crippen molar-refractivity contribution in [3.8, 4) is 11.3 Å². The van der Waals surface area contributed by atoms with Crippen LogP contribution in [0.4, 0.5) is 8.78 Å². The molecule has 17 heavy (non-hydrogen) atoms. The SMILES string of the molecule is Fc1cccc(F)c1-c1cn2ccccc2n1. The van der Waals surface area contributed by atoms with Crippen molar-refractivity contribution >= 4 is 5.65 Å². The zero-order chi connectivity index (χ0) is 11.8. The fourth-order valence-corrected chi connectivity index (χ4v) is 1.80. The molecule has 2 nitrogen and oxygen atoms in total. The second-order valence-corrected chi connectivity index (χ2v) is 3.69. The lowest BCUT2D eigenvalue weighted by atomic mass is 10.1. The summed E-state index contributed by atoms with van der Waals surface area (Å²) in [6.07, 6.45) is 3.39. The predicted octanol–water partition coefficient (Wildman–Crippen LogP) is 3.28. The van der Waals surface area contributed by atoms with E-state index in [0.717, 1.165) is 0 Å². The number of benzene rings is 1. The van der Waals surface area contributed by atoms with Crippen molar-refractivity contribution in [1.29, 1.82) is 0 Å². The lowest BCUT2D eigenvalue weighted by Crippen LogP contribution is -1.89. The number of nitrogens with zero attached hydrogens (tertiary/aromatic N) is 2. The maximum Gasteiger partial charge on any atom is 0.137 e. The summed E-state index contributed by atoms with van der Waals surface area (Å²) in [6.45, 7) is 0. The normalized spacial score (nSPS) is 10.9. The molecule has 0 aliphatic carbocycles. The minimum atomic E-state index is -0.603. The Labute approximate surface area is 96.2 Å². The summed E-state index contributed by atoms with van der Waals surface area (Å²) in [5.74, 6) is -1.21. The predicted molar refractivity (Wildman–Crippen MR) is 60.5 cm³/mol. The molecule has 3 aromatic rings. The zero-order valence-corrected chi connectivity index (χ0v) is 8.77. The van der Waals surface area contributed by atoms with E-state index >= 15 is 0 Å². The van der Waals surface area contributed by atoms with Crippen LogP contribution in [0.1, 0.15) is 0 Å². The lowest BCUT2D eigenvalue weighted by molar-refractivity contribution is 0.589. The largest absolute Gasteiger partial charge is 0.306 e. The van der Waals surface area contributed by atoms with E-state index in [0.29, 0.717) is 11.3 Å². The summed E-state index contributed by atoms with van der Waals surface area (Å²) in [5, 5.41) is 0. The van der Waals surface area contributed by atoms with Crippen LogP contribution in [0.3, 0.4) is 0 Å². The highest BCUT2D eigenvalue weighted by Crippen LogP contribution is 2.25. The number of hydrogen-bond acceptors (Lipinski definition) is 1. The Kier molecular flexibility index (Phi) is 2.14. The highest BCUT2D eigenvalue weighted by molar-refractivity contribution is 5.63. The van der Waals surface area contributed by atoms with Gasteiger partial charge in [-0.15, -0.1) is 0 Å². The van der Waals surface area contributed by atoms with E-state index in [2.05, 4.69) is 4.98 Å². The summed E-state index contributed by atoms with van der Waals surface area (Å²) in [7, 11) is 0. The van der Waals surface area contributed by atoms with E-state index in [1.165, 1.54) is 18.2 Å². The Morgan fingerprint density at radius 2 is 1.71 bits per heavy atom. The van der Waals surface area contributed by atoms with Crippen LogP contribution in [0.15, 0.2) is 48.8 Å². The van der Waals surface area contributed by atoms with Gasteiger partial charge in [-0.1, -0.05) is 12.1 Å². The molecule has 0 spiro atoms. The number of fused-ring (bicyclic) bond motifs is 1. The van der Waals surface area contributed by atoms with Gasteiger partial charge in [0.2, 0.25) is 0 Å². The summed E-state index contributed by atoms with van der Waals surface area (Å²) >= 11 is 0. The lowest BCUT2D eigenvalue weighted by Gasteiger charge is -1.99. The fraction of sp³-hybridized carbons (Fsp3) is 0. The number of halogens is 2. The van der Waals surface area contributed by atoms with E-state index in [4.69, 9.17) is 0 Å². The third-order valence-electron chi connectivity index (χ3n) is 2.58. The van der Waals surface area contributed by atoms with Crippen molar-refractivity contribution in [1.82, 2.24) is 9.38 Å². The smallest absolute Gasteiger partial charge is 0.137 e. The molecule has 0 amide bonds. The molecule has 3 rings (SSSR count). The Bertz CT molecular complexity index is 635. The first-order valence-corrected chi connectivity index (χ1v) is 5.14. The Hall–Kier alpha value is -2.23. The molecule has 1 aromatic carbocycles. The van der Waals surface area contributed by atoms with Crippen molar-refractivity contribution in [2.75, 3.05) is 0 Å². The van der Waals surface area contributed by atoms with Gasteiger partial charge in [0, 0.05) is 12.4 Å². The Balaban J connectivity index is 2.27. The number of rotatable bonds is 1. The van der Waals surface area contributed by atoms with Crippen LogP contribution in [0.5, 0.6) is 0 Å². The average Bonchev–Trinajstić information content (AvgIpc) is 2.71. The molecule has 0 unspecified atom stereocenters. The van der Waals surface area contributed by atoms with Crippen molar-refractivity contribution in [2.24, 2.45) is 0 Å². The molecule has 0 bridgehead atoms.